The maximum atomic E-state index is 5.36. The maximum Gasteiger partial charge on any atom is 0.179 e. The predicted octanol–water partition coefficient (Wildman–Crippen LogP) is 1.98. The number of fused-ring (bicyclic) bond motifs is 1. The molecule has 0 saturated carbocycles. The minimum absolute atomic E-state index is 0.730. The van der Waals surface area contributed by atoms with Crippen molar-refractivity contribution in [2.45, 2.75) is 13.5 Å². The minimum Gasteiger partial charge on any atom is -0.383 e. The SMILES string of the molecule is COCCN(C)CCn1c(=S)[nH]c2cc(C)cnc21. The van der Waals surface area contributed by atoms with Crippen LogP contribution in [0.15, 0.2) is 12.3 Å². The van der Waals surface area contributed by atoms with Gasteiger partial charge in [0, 0.05) is 32.9 Å². The third-order valence-corrected chi connectivity index (χ3v) is 3.45. The van der Waals surface area contributed by atoms with Gasteiger partial charge in [0.1, 0.15) is 0 Å². The number of H-pyrrole nitrogens is 1. The number of nitrogens with zero attached hydrogens (tertiary/aromatic N) is 3. The van der Waals surface area contributed by atoms with Crippen molar-refractivity contribution in [3.63, 3.8) is 0 Å². The van der Waals surface area contributed by atoms with Gasteiger partial charge in [-0.25, -0.2) is 4.98 Å². The van der Waals surface area contributed by atoms with Crippen molar-refractivity contribution < 1.29 is 4.74 Å². The van der Waals surface area contributed by atoms with Crippen molar-refractivity contribution in [2.24, 2.45) is 0 Å². The molecule has 0 aromatic carbocycles. The van der Waals surface area contributed by atoms with Gasteiger partial charge in [0.15, 0.2) is 10.4 Å². The highest BCUT2D eigenvalue weighted by molar-refractivity contribution is 7.71. The van der Waals surface area contributed by atoms with Crippen molar-refractivity contribution in [3.8, 4) is 0 Å². The lowest BCUT2D eigenvalue weighted by Crippen LogP contribution is -2.26. The Hall–Kier alpha value is -1.24. The lowest BCUT2D eigenvalue weighted by molar-refractivity contribution is 0.159. The molecule has 2 aromatic heterocycles. The van der Waals surface area contributed by atoms with Crippen LogP contribution in [0.5, 0.6) is 0 Å². The molecule has 0 radical (unpaired) electrons. The Morgan fingerprint density at radius 3 is 3.00 bits per heavy atom. The average Bonchev–Trinajstić information content (AvgIpc) is 2.68. The van der Waals surface area contributed by atoms with Crippen LogP contribution in [0.1, 0.15) is 5.56 Å². The van der Waals surface area contributed by atoms with Gasteiger partial charge in [0.2, 0.25) is 0 Å². The molecule has 19 heavy (non-hydrogen) atoms. The van der Waals surface area contributed by atoms with Crippen molar-refractivity contribution >= 4 is 23.4 Å². The molecule has 104 valence electrons. The predicted molar refractivity (Wildman–Crippen MR) is 79.0 cm³/mol. The molecule has 2 rings (SSSR count). The molecule has 0 atom stereocenters. The van der Waals surface area contributed by atoms with E-state index in [0.29, 0.717) is 0 Å². The van der Waals surface area contributed by atoms with Gasteiger partial charge in [-0.3, -0.25) is 0 Å². The fourth-order valence-electron chi connectivity index (χ4n) is 1.99. The molecule has 0 amide bonds. The van der Waals surface area contributed by atoms with Gasteiger partial charge >= 0.3 is 0 Å². The van der Waals surface area contributed by atoms with Crippen LogP contribution in [0.2, 0.25) is 0 Å². The molecule has 0 aliphatic carbocycles. The van der Waals surface area contributed by atoms with E-state index >= 15 is 0 Å². The summed E-state index contributed by atoms with van der Waals surface area (Å²) in [6.45, 7) is 5.43. The van der Waals surface area contributed by atoms with E-state index < -0.39 is 0 Å². The molecule has 0 aliphatic rings. The van der Waals surface area contributed by atoms with Crippen LogP contribution in [0, 0.1) is 11.7 Å². The monoisotopic (exact) mass is 280 g/mol. The van der Waals surface area contributed by atoms with E-state index in [1.54, 1.807) is 7.11 Å². The fourth-order valence-corrected chi connectivity index (χ4v) is 2.27. The summed E-state index contributed by atoms with van der Waals surface area (Å²) in [5, 5.41) is 0. The molecule has 5 nitrogen and oxygen atoms in total. The first-order valence-electron chi connectivity index (χ1n) is 6.34. The largest absolute Gasteiger partial charge is 0.383 e. The van der Waals surface area contributed by atoms with Crippen molar-refractivity contribution in [3.05, 3.63) is 22.6 Å². The Morgan fingerprint density at radius 2 is 2.26 bits per heavy atom. The van der Waals surface area contributed by atoms with Gasteiger partial charge in [0.05, 0.1) is 12.1 Å². The van der Waals surface area contributed by atoms with E-state index in [9.17, 15) is 0 Å². The molecule has 0 bridgehead atoms. The number of methoxy groups -OCH3 is 1. The van der Waals surface area contributed by atoms with Crippen LogP contribution in [0.3, 0.4) is 0 Å². The van der Waals surface area contributed by atoms with Crippen LogP contribution >= 0.6 is 12.2 Å². The van der Waals surface area contributed by atoms with Gasteiger partial charge < -0.3 is 19.2 Å². The second-order valence-corrected chi connectivity index (χ2v) is 5.15. The maximum absolute atomic E-state index is 5.36. The molecule has 0 spiro atoms. The number of pyridine rings is 1. The lowest BCUT2D eigenvalue weighted by Gasteiger charge is -2.16. The van der Waals surface area contributed by atoms with E-state index in [-0.39, 0.29) is 0 Å². The normalized spacial score (nSPS) is 11.6. The topological polar surface area (TPSA) is 46.1 Å². The summed E-state index contributed by atoms with van der Waals surface area (Å²) in [4.78, 5) is 9.89. The molecule has 0 aliphatic heterocycles. The molecular weight excluding hydrogens is 260 g/mol. The lowest BCUT2D eigenvalue weighted by atomic mass is 10.3. The number of aromatic amines is 1. The number of ether oxygens (including phenoxy) is 1. The summed E-state index contributed by atoms with van der Waals surface area (Å²) in [5.41, 5.74) is 3.06. The number of aromatic nitrogens is 3. The summed E-state index contributed by atoms with van der Waals surface area (Å²) < 4.78 is 7.85. The van der Waals surface area contributed by atoms with E-state index in [0.717, 1.165) is 47.7 Å². The zero-order valence-corrected chi connectivity index (χ0v) is 12.5. The number of imidazole rings is 1. The van der Waals surface area contributed by atoms with Crippen LogP contribution in [0.4, 0.5) is 0 Å². The van der Waals surface area contributed by atoms with Gasteiger partial charge in [-0.2, -0.15) is 0 Å². The number of likely N-dealkylation sites (N-methyl/N-ethyl adjacent to an activating group) is 1. The van der Waals surface area contributed by atoms with Crippen molar-refractivity contribution in [1.82, 2.24) is 19.4 Å². The summed E-state index contributed by atoms with van der Waals surface area (Å²) in [6.07, 6.45) is 1.87. The van der Waals surface area contributed by atoms with Gasteiger partial charge in [-0.15, -0.1) is 0 Å². The Kier molecular flexibility index (Phi) is 4.68. The third kappa shape index (κ3) is 3.40. The first-order valence-corrected chi connectivity index (χ1v) is 6.75. The summed E-state index contributed by atoms with van der Waals surface area (Å²) in [6, 6.07) is 2.07. The molecule has 0 unspecified atom stereocenters. The number of aryl methyl sites for hydroxylation is 1. The number of hydrogen-bond donors (Lipinski definition) is 1. The second kappa shape index (κ2) is 6.27. The molecule has 2 aromatic rings. The van der Waals surface area contributed by atoms with E-state index in [1.807, 2.05) is 17.7 Å². The van der Waals surface area contributed by atoms with Crippen LogP contribution < -0.4 is 0 Å². The highest BCUT2D eigenvalue weighted by Crippen LogP contribution is 2.12. The van der Waals surface area contributed by atoms with Crippen molar-refractivity contribution in [2.75, 3.05) is 33.9 Å². The molecule has 1 N–H and O–H groups in total. The third-order valence-electron chi connectivity index (χ3n) is 3.13. The van der Waals surface area contributed by atoms with Crippen LogP contribution in [-0.4, -0.2) is 53.3 Å². The standard InChI is InChI=1S/C13H20N4OS/c1-10-8-11-12(14-9-10)17(13(19)15-11)5-4-16(2)6-7-18-3/h8-9H,4-7H2,1-3H3,(H,15,19). The highest BCUT2D eigenvalue weighted by atomic mass is 32.1. The Balaban J connectivity index is 2.12. The summed E-state index contributed by atoms with van der Waals surface area (Å²) in [5.74, 6) is 0. The van der Waals surface area contributed by atoms with E-state index in [4.69, 9.17) is 17.0 Å². The Labute approximate surface area is 118 Å². The quantitative estimate of drug-likeness (QED) is 0.822. The Morgan fingerprint density at radius 1 is 1.47 bits per heavy atom. The first-order chi connectivity index (χ1) is 9.11. The van der Waals surface area contributed by atoms with Gasteiger partial charge in [0.25, 0.3) is 0 Å². The minimum atomic E-state index is 0.730. The second-order valence-electron chi connectivity index (χ2n) is 4.76. The molecular formula is C13H20N4OS. The molecule has 2 heterocycles. The van der Waals surface area contributed by atoms with Crippen LogP contribution in [0.25, 0.3) is 11.2 Å². The molecule has 6 heteroatoms. The smallest absolute Gasteiger partial charge is 0.179 e. The molecule has 0 fully saturated rings. The number of rotatable bonds is 6. The van der Waals surface area contributed by atoms with Crippen molar-refractivity contribution in [1.29, 1.82) is 0 Å². The summed E-state index contributed by atoms with van der Waals surface area (Å²) >= 11 is 5.36. The summed E-state index contributed by atoms with van der Waals surface area (Å²) in [7, 11) is 3.80. The van der Waals surface area contributed by atoms with E-state index in [2.05, 4.69) is 28.0 Å². The van der Waals surface area contributed by atoms with E-state index in [1.165, 1.54) is 0 Å². The fraction of sp³-hybridized carbons (Fsp3) is 0.538. The van der Waals surface area contributed by atoms with Gasteiger partial charge in [-0.1, -0.05) is 0 Å². The zero-order chi connectivity index (χ0) is 13.8. The number of hydrogen-bond acceptors (Lipinski definition) is 4. The molecule has 0 saturated heterocycles. The average molecular weight is 280 g/mol. The number of nitrogens with one attached hydrogen (secondary N) is 1. The first kappa shape index (κ1) is 14.2. The van der Waals surface area contributed by atoms with Crippen LogP contribution in [-0.2, 0) is 11.3 Å². The highest BCUT2D eigenvalue weighted by Gasteiger charge is 2.07. The zero-order valence-electron chi connectivity index (χ0n) is 11.6. The van der Waals surface area contributed by atoms with Gasteiger partial charge in [-0.05, 0) is 37.8 Å². The Bertz CT molecular complexity index is 604.